The van der Waals surface area contributed by atoms with Gasteiger partial charge in [-0.2, -0.15) is 0 Å². The van der Waals surface area contributed by atoms with E-state index in [9.17, 15) is 4.79 Å². The van der Waals surface area contributed by atoms with Gasteiger partial charge in [0.1, 0.15) is 5.75 Å². The number of amides is 1. The molecule has 6 heteroatoms. The number of para-hydroxylation sites is 2. The maximum atomic E-state index is 13.1. The summed E-state index contributed by atoms with van der Waals surface area (Å²) in [7, 11) is 1.70. The van der Waals surface area contributed by atoms with Crippen molar-refractivity contribution in [2.24, 2.45) is 0 Å². The number of hydrogen-bond donors (Lipinski definition) is 1. The normalized spacial score (nSPS) is 16.3. The number of anilines is 1. The fourth-order valence-corrected chi connectivity index (χ4v) is 5.61. The van der Waals surface area contributed by atoms with Gasteiger partial charge in [0.2, 0.25) is 0 Å². The molecule has 4 nitrogen and oxygen atoms in total. The van der Waals surface area contributed by atoms with Gasteiger partial charge in [0, 0.05) is 34.7 Å². The highest BCUT2D eigenvalue weighted by atomic mass is 32.2. The number of ether oxygens (including phenoxy) is 1. The number of benzene rings is 2. The molecule has 0 aliphatic carbocycles. The van der Waals surface area contributed by atoms with Crippen LogP contribution in [0.4, 0.5) is 5.69 Å². The molecule has 1 unspecified atom stereocenters. The molecule has 0 saturated carbocycles. The maximum Gasteiger partial charge on any atom is 0.252 e. The Hall–Kier alpha value is -2.44. The fraction of sp³-hybridized carbons (Fsp3) is 0.292. The molecule has 0 spiro atoms. The van der Waals surface area contributed by atoms with Crippen LogP contribution in [0.1, 0.15) is 28.1 Å². The van der Waals surface area contributed by atoms with Gasteiger partial charge in [0.25, 0.3) is 5.91 Å². The molecule has 1 saturated heterocycles. The summed E-state index contributed by atoms with van der Waals surface area (Å²) in [5.41, 5.74) is 1.85. The SMILES string of the molecule is COc1ccccc1N1CCCC(NC(=O)c2ccccc2SCc2cccs2)C1. The van der Waals surface area contributed by atoms with Gasteiger partial charge in [-0.15, -0.1) is 23.1 Å². The van der Waals surface area contributed by atoms with Crippen molar-refractivity contribution in [2.45, 2.75) is 29.5 Å². The molecule has 1 amide bonds. The second kappa shape index (κ2) is 10.0. The molecule has 0 radical (unpaired) electrons. The quantitative estimate of drug-likeness (QED) is 0.498. The first kappa shape index (κ1) is 20.8. The van der Waals surface area contributed by atoms with Crippen molar-refractivity contribution in [1.82, 2.24) is 5.32 Å². The molecule has 1 fully saturated rings. The molecule has 4 rings (SSSR count). The van der Waals surface area contributed by atoms with Gasteiger partial charge in [-0.05, 0) is 48.6 Å². The number of methoxy groups -OCH3 is 1. The largest absolute Gasteiger partial charge is 0.495 e. The van der Waals surface area contributed by atoms with E-state index in [1.165, 1.54) is 4.88 Å². The van der Waals surface area contributed by atoms with Crippen molar-refractivity contribution in [1.29, 1.82) is 0 Å². The number of carbonyl (C=O) groups is 1. The molecule has 156 valence electrons. The van der Waals surface area contributed by atoms with Crippen molar-refractivity contribution in [3.63, 3.8) is 0 Å². The Morgan fingerprint density at radius 2 is 2.00 bits per heavy atom. The Labute approximate surface area is 186 Å². The zero-order valence-corrected chi connectivity index (χ0v) is 18.7. The summed E-state index contributed by atoms with van der Waals surface area (Å²) in [5, 5.41) is 5.36. The first-order chi connectivity index (χ1) is 14.7. The number of thiophene rings is 1. The standard InChI is InChI=1S/C24H26N2O2S2/c1-28-22-12-4-3-11-21(22)26-14-6-8-18(16-26)25-24(27)20-10-2-5-13-23(20)30-17-19-9-7-15-29-19/h2-5,7,9-13,15,18H,6,8,14,16-17H2,1H3,(H,25,27). The van der Waals surface area contributed by atoms with E-state index in [-0.39, 0.29) is 11.9 Å². The maximum absolute atomic E-state index is 13.1. The third-order valence-electron chi connectivity index (χ3n) is 5.26. The molecule has 30 heavy (non-hydrogen) atoms. The van der Waals surface area contributed by atoms with E-state index in [1.807, 2.05) is 42.5 Å². The monoisotopic (exact) mass is 438 g/mol. The van der Waals surface area contributed by atoms with Crippen LogP contribution in [0.3, 0.4) is 0 Å². The number of nitrogens with zero attached hydrogens (tertiary/aromatic N) is 1. The van der Waals surface area contributed by atoms with E-state index in [2.05, 4.69) is 33.8 Å². The van der Waals surface area contributed by atoms with Gasteiger partial charge in [0.15, 0.2) is 0 Å². The Balaban J connectivity index is 1.42. The van der Waals surface area contributed by atoms with Gasteiger partial charge in [-0.25, -0.2) is 0 Å². The Bertz CT molecular complexity index is 975. The average molecular weight is 439 g/mol. The Morgan fingerprint density at radius 1 is 1.17 bits per heavy atom. The second-order valence-electron chi connectivity index (χ2n) is 7.29. The Kier molecular flexibility index (Phi) is 6.97. The van der Waals surface area contributed by atoms with Crippen LogP contribution in [-0.2, 0) is 5.75 Å². The van der Waals surface area contributed by atoms with Gasteiger partial charge in [-0.3, -0.25) is 4.79 Å². The van der Waals surface area contributed by atoms with E-state index < -0.39 is 0 Å². The summed E-state index contributed by atoms with van der Waals surface area (Å²) in [6, 6.07) is 20.3. The van der Waals surface area contributed by atoms with Crippen LogP contribution in [-0.4, -0.2) is 32.1 Å². The molecule has 1 aliphatic rings. The molecule has 2 aromatic carbocycles. The molecular formula is C24H26N2O2S2. The molecule has 1 aliphatic heterocycles. The number of carbonyl (C=O) groups excluding carboxylic acids is 1. The van der Waals surface area contributed by atoms with Crippen molar-refractivity contribution < 1.29 is 9.53 Å². The van der Waals surface area contributed by atoms with Crippen LogP contribution < -0.4 is 15.0 Å². The predicted molar refractivity (Wildman–Crippen MR) is 126 cm³/mol. The highest BCUT2D eigenvalue weighted by molar-refractivity contribution is 7.98. The zero-order chi connectivity index (χ0) is 20.8. The third-order valence-corrected chi connectivity index (χ3v) is 7.45. The van der Waals surface area contributed by atoms with Crippen LogP contribution in [0.5, 0.6) is 5.75 Å². The predicted octanol–water partition coefficient (Wildman–Crippen LogP) is 5.45. The van der Waals surface area contributed by atoms with Gasteiger partial charge < -0.3 is 15.0 Å². The zero-order valence-electron chi connectivity index (χ0n) is 17.0. The number of hydrogen-bond acceptors (Lipinski definition) is 5. The lowest BCUT2D eigenvalue weighted by Gasteiger charge is -2.35. The van der Waals surface area contributed by atoms with Crippen LogP contribution >= 0.6 is 23.1 Å². The molecule has 0 bridgehead atoms. The number of piperidine rings is 1. The van der Waals surface area contributed by atoms with Gasteiger partial charge in [-0.1, -0.05) is 30.3 Å². The van der Waals surface area contributed by atoms with E-state index in [0.717, 1.165) is 53.6 Å². The third kappa shape index (κ3) is 4.99. The van der Waals surface area contributed by atoms with E-state index in [1.54, 1.807) is 30.2 Å². The number of thioether (sulfide) groups is 1. The first-order valence-corrected chi connectivity index (χ1v) is 12.0. The highest BCUT2D eigenvalue weighted by Crippen LogP contribution is 2.31. The Morgan fingerprint density at radius 3 is 2.83 bits per heavy atom. The minimum atomic E-state index is 0.0103. The first-order valence-electron chi connectivity index (χ1n) is 10.2. The lowest BCUT2D eigenvalue weighted by molar-refractivity contribution is 0.0930. The summed E-state index contributed by atoms with van der Waals surface area (Å²) in [6.45, 7) is 1.76. The fourth-order valence-electron chi connectivity index (χ4n) is 3.79. The van der Waals surface area contributed by atoms with Crippen molar-refractivity contribution in [3.05, 3.63) is 76.5 Å². The molecule has 3 aromatic rings. The van der Waals surface area contributed by atoms with Crippen LogP contribution in [0.2, 0.25) is 0 Å². The minimum absolute atomic E-state index is 0.0103. The molecule has 1 aromatic heterocycles. The van der Waals surface area contributed by atoms with Crippen molar-refractivity contribution in [2.75, 3.05) is 25.1 Å². The summed E-state index contributed by atoms with van der Waals surface area (Å²) in [4.78, 5) is 17.7. The smallest absolute Gasteiger partial charge is 0.252 e. The van der Waals surface area contributed by atoms with Gasteiger partial charge in [0.05, 0.1) is 18.4 Å². The molecule has 1 N–H and O–H groups in total. The second-order valence-corrected chi connectivity index (χ2v) is 9.34. The number of rotatable bonds is 7. The lowest BCUT2D eigenvalue weighted by Crippen LogP contribution is -2.48. The van der Waals surface area contributed by atoms with E-state index in [4.69, 9.17) is 4.74 Å². The molecular weight excluding hydrogens is 412 g/mol. The van der Waals surface area contributed by atoms with Crippen LogP contribution in [0, 0.1) is 0 Å². The van der Waals surface area contributed by atoms with Crippen LogP contribution in [0.15, 0.2) is 70.9 Å². The van der Waals surface area contributed by atoms with Crippen molar-refractivity contribution in [3.8, 4) is 5.75 Å². The summed E-state index contributed by atoms with van der Waals surface area (Å²) < 4.78 is 5.53. The summed E-state index contributed by atoms with van der Waals surface area (Å²) >= 11 is 3.47. The minimum Gasteiger partial charge on any atom is -0.495 e. The molecule has 2 heterocycles. The summed E-state index contributed by atoms with van der Waals surface area (Å²) in [6.07, 6.45) is 2.03. The van der Waals surface area contributed by atoms with Gasteiger partial charge >= 0.3 is 0 Å². The van der Waals surface area contributed by atoms with Crippen molar-refractivity contribution >= 4 is 34.7 Å². The van der Waals surface area contributed by atoms with Crippen LogP contribution in [0.25, 0.3) is 0 Å². The molecule has 1 atom stereocenters. The highest BCUT2D eigenvalue weighted by Gasteiger charge is 2.24. The van der Waals surface area contributed by atoms with E-state index >= 15 is 0 Å². The lowest BCUT2D eigenvalue weighted by atomic mass is 10.0. The topological polar surface area (TPSA) is 41.6 Å². The average Bonchev–Trinajstić information content (AvgIpc) is 3.32. The summed E-state index contributed by atoms with van der Waals surface area (Å²) in [5.74, 6) is 1.77. The number of nitrogens with one attached hydrogen (secondary N) is 1. The van der Waals surface area contributed by atoms with E-state index in [0.29, 0.717) is 0 Å².